The maximum absolute atomic E-state index is 10.8. The maximum atomic E-state index is 10.8. The lowest BCUT2D eigenvalue weighted by Gasteiger charge is -2.07. The molecule has 0 unspecified atom stereocenters. The normalized spacial score (nSPS) is 11.3. The number of carbonyl (C=O) groups is 1. The number of nitrogens with zero attached hydrogens (tertiary/aromatic N) is 1. The van der Waals surface area contributed by atoms with Crippen LogP contribution in [0.25, 0.3) is 11.1 Å². The summed E-state index contributed by atoms with van der Waals surface area (Å²) >= 11 is 0. The molecule has 148 valence electrons. The third kappa shape index (κ3) is 6.04. The van der Waals surface area contributed by atoms with Gasteiger partial charge in [0.15, 0.2) is 0 Å². The van der Waals surface area contributed by atoms with E-state index in [4.69, 9.17) is 9.94 Å². The minimum atomic E-state index is -0.825. The van der Waals surface area contributed by atoms with Gasteiger partial charge < -0.3 is 9.94 Å². The highest BCUT2D eigenvalue weighted by Gasteiger charge is 2.05. The first-order valence-electron chi connectivity index (χ1n) is 9.80. The number of hydrogen-bond donors (Lipinski definition) is 1. The van der Waals surface area contributed by atoms with Crippen molar-refractivity contribution in [2.75, 3.05) is 6.61 Å². The van der Waals surface area contributed by atoms with Crippen LogP contribution in [0.3, 0.4) is 0 Å². The van der Waals surface area contributed by atoms with Crippen LogP contribution in [0.15, 0.2) is 84.0 Å². The van der Waals surface area contributed by atoms with Gasteiger partial charge in [0.05, 0.1) is 12.1 Å². The van der Waals surface area contributed by atoms with Gasteiger partial charge in [-0.15, -0.1) is 0 Å². The number of rotatable bonds is 9. The number of aliphatic carboxylic acids is 1. The first kappa shape index (κ1) is 20.3. The molecule has 0 amide bonds. The van der Waals surface area contributed by atoms with Crippen LogP contribution in [0.2, 0.25) is 0 Å². The molecule has 0 fully saturated rings. The van der Waals surface area contributed by atoms with Gasteiger partial charge in [0.1, 0.15) is 6.61 Å². The minimum absolute atomic E-state index is 0.0335. The quantitative estimate of drug-likeness (QED) is 0.306. The zero-order valence-electron chi connectivity index (χ0n) is 16.5. The third-order valence-electron chi connectivity index (χ3n) is 4.66. The fourth-order valence-electron chi connectivity index (χ4n) is 3.16. The van der Waals surface area contributed by atoms with Crippen LogP contribution in [0.5, 0.6) is 0 Å². The van der Waals surface area contributed by atoms with Crippen molar-refractivity contribution in [2.45, 2.75) is 26.2 Å². The molecule has 0 bridgehead atoms. The predicted octanol–water partition coefficient (Wildman–Crippen LogP) is 5.35. The molecule has 29 heavy (non-hydrogen) atoms. The largest absolute Gasteiger partial charge is 0.481 e. The molecule has 0 aliphatic heterocycles. The zero-order chi connectivity index (χ0) is 20.5. The van der Waals surface area contributed by atoms with Crippen molar-refractivity contribution in [2.24, 2.45) is 5.16 Å². The molecule has 3 aromatic rings. The lowest BCUT2D eigenvalue weighted by Crippen LogP contribution is -2.03. The van der Waals surface area contributed by atoms with E-state index in [1.54, 1.807) is 0 Å². The zero-order valence-corrected chi connectivity index (χ0v) is 16.5. The van der Waals surface area contributed by atoms with Crippen molar-refractivity contribution in [1.82, 2.24) is 0 Å². The second-order valence-corrected chi connectivity index (χ2v) is 6.81. The summed E-state index contributed by atoms with van der Waals surface area (Å²) in [6.07, 6.45) is 1.49. The highest BCUT2D eigenvalue weighted by Crippen LogP contribution is 2.20. The van der Waals surface area contributed by atoms with Crippen molar-refractivity contribution >= 4 is 11.7 Å². The Balaban J connectivity index is 1.58. The van der Waals surface area contributed by atoms with Crippen LogP contribution in [0, 0.1) is 0 Å². The first-order chi connectivity index (χ1) is 14.2. The van der Waals surface area contributed by atoms with Crippen LogP contribution < -0.4 is 0 Å². The standard InChI is InChI=1S/C25H25NO3/c1-2-24(23-13-11-22(12-14-23)21-9-4-3-5-10-21)26-29-16-15-19-7-6-8-20(17-19)18-25(27)28/h3-14,17H,2,15-16,18H2,1H3,(H,27,28). The Hall–Kier alpha value is -3.40. The minimum Gasteiger partial charge on any atom is -0.481 e. The van der Waals surface area contributed by atoms with E-state index in [0.29, 0.717) is 13.0 Å². The summed E-state index contributed by atoms with van der Waals surface area (Å²) in [7, 11) is 0. The monoisotopic (exact) mass is 387 g/mol. The van der Waals surface area contributed by atoms with E-state index in [0.717, 1.165) is 28.8 Å². The summed E-state index contributed by atoms with van der Waals surface area (Å²) in [6, 6.07) is 26.2. The van der Waals surface area contributed by atoms with E-state index >= 15 is 0 Å². The maximum Gasteiger partial charge on any atom is 0.307 e. The second-order valence-electron chi connectivity index (χ2n) is 6.81. The molecule has 0 saturated heterocycles. The molecule has 0 aliphatic rings. The number of carboxylic acids is 1. The van der Waals surface area contributed by atoms with E-state index in [1.807, 2.05) is 42.5 Å². The smallest absolute Gasteiger partial charge is 0.307 e. The van der Waals surface area contributed by atoms with Gasteiger partial charge in [0.2, 0.25) is 0 Å². The molecule has 3 aromatic carbocycles. The Morgan fingerprint density at radius 1 is 0.897 bits per heavy atom. The van der Waals surface area contributed by atoms with Crippen LogP contribution in [0.4, 0.5) is 0 Å². The molecule has 0 atom stereocenters. The molecule has 4 heteroatoms. The highest BCUT2D eigenvalue weighted by atomic mass is 16.6. The van der Waals surface area contributed by atoms with Crippen LogP contribution >= 0.6 is 0 Å². The number of benzene rings is 3. The van der Waals surface area contributed by atoms with E-state index in [1.165, 1.54) is 11.1 Å². The summed E-state index contributed by atoms with van der Waals surface area (Å²) in [6.45, 7) is 2.50. The average molecular weight is 387 g/mol. The van der Waals surface area contributed by atoms with E-state index < -0.39 is 5.97 Å². The van der Waals surface area contributed by atoms with Crippen molar-refractivity contribution in [3.05, 3.63) is 95.6 Å². The van der Waals surface area contributed by atoms with Crippen LogP contribution in [-0.4, -0.2) is 23.4 Å². The number of hydrogen-bond acceptors (Lipinski definition) is 3. The van der Waals surface area contributed by atoms with Crippen molar-refractivity contribution in [3.8, 4) is 11.1 Å². The molecule has 0 spiro atoms. The summed E-state index contributed by atoms with van der Waals surface area (Å²) in [5, 5.41) is 13.2. The highest BCUT2D eigenvalue weighted by molar-refractivity contribution is 6.00. The van der Waals surface area contributed by atoms with Gasteiger partial charge in [-0.2, -0.15) is 0 Å². The molecular weight excluding hydrogens is 362 g/mol. The summed E-state index contributed by atoms with van der Waals surface area (Å²) in [5.41, 5.74) is 6.16. The van der Waals surface area contributed by atoms with E-state index in [2.05, 4.69) is 48.5 Å². The van der Waals surface area contributed by atoms with Crippen LogP contribution in [0.1, 0.15) is 30.0 Å². The van der Waals surface area contributed by atoms with Crippen LogP contribution in [-0.2, 0) is 22.5 Å². The Bertz CT molecular complexity index is 963. The lowest BCUT2D eigenvalue weighted by atomic mass is 10.0. The Labute approximate surface area is 171 Å². The topological polar surface area (TPSA) is 58.9 Å². The van der Waals surface area contributed by atoms with Crippen molar-refractivity contribution in [3.63, 3.8) is 0 Å². The Kier molecular flexibility index (Phi) is 7.17. The molecule has 1 N–H and O–H groups in total. The van der Waals surface area contributed by atoms with Gasteiger partial charge in [-0.05, 0) is 34.2 Å². The average Bonchev–Trinajstić information content (AvgIpc) is 2.74. The van der Waals surface area contributed by atoms with Gasteiger partial charge in [0, 0.05) is 6.42 Å². The van der Waals surface area contributed by atoms with Gasteiger partial charge >= 0.3 is 5.97 Å². The molecule has 3 rings (SSSR count). The number of oxime groups is 1. The fourth-order valence-corrected chi connectivity index (χ4v) is 3.16. The molecule has 4 nitrogen and oxygen atoms in total. The van der Waals surface area contributed by atoms with Crippen molar-refractivity contribution < 1.29 is 14.7 Å². The predicted molar refractivity (Wildman–Crippen MR) is 116 cm³/mol. The fraction of sp³-hybridized carbons (Fsp3) is 0.200. The van der Waals surface area contributed by atoms with Gasteiger partial charge in [-0.25, -0.2) is 0 Å². The van der Waals surface area contributed by atoms with Gasteiger partial charge in [-0.1, -0.05) is 90.9 Å². The van der Waals surface area contributed by atoms with Crippen molar-refractivity contribution in [1.29, 1.82) is 0 Å². The Morgan fingerprint density at radius 3 is 2.28 bits per heavy atom. The summed E-state index contributed by atoms with van der Waals surface area (Å²) < 4.78 is 0. The molecular formula is C25H25NO3. The summed E-state index contributed by atoms with van der Waals surface area (Å²) in [4.78, 5) is 16.4. The van der Waals surface area contributed by atoms with E-state index in [9.17, 15) is 4.79 Å². The molecule has 0 radical (unpaired) electrons. The molecule has 0 aromatic heterocycles. The lowest BCUT2D eigenvalue weighted by molar-refractivity contribution is -0.136. The van der Waals surface area contributed by atoms with Gasteiger partial charge in [0.25, 0.3) is 0 Å². The third-order valence-corrected chi connectivity index (χ3v) is 4.66. The first-order valence-corrected chi connectivity index (χ1v) is 9.80. The number of carboxylic acid groups (broad SMARTS) is 1. The van der Waals surface area contributed by atoms with Gasteiger partial charge in [-0.3, -0.25) is 4.79 Å². The molecule has 0 saturated carbocycles. The summed E-state index contributed by atoms with van der Waals surface area (Å²) in [5.74, 6) is -0.825. The van der Waals surface area contributed by atoms with E-state index in [-0.39, 0.29) is 6.42 Å². The molecule has 0 heterocycles. The molecule has 0 aliphatic carbocycles. The SMILES string of the molecule is CCC(=NOCCc1cccc(CC(=O)O)c1)c1ccc(-c2ccccc2)cc1. The second kappa shape index (κ2) is 10.2. The Morgan fingerprint density at radius 2 is 1.59 bits per heavy atom.